The number of hydrogen-bond donors (Lipinski definition) is 1. The highest BCUT2D eigenvalue weighted by Crippen LogP contribution is 2.12. The molecule has 3 aromatic rings. The number of para-hydroxylation sites is 2. The molecule has 0 aliphatic rings. The number of carbonyl (C=O) groups is 2. The number of benzene rings is 2. The maximum Gasteiger partial charge on any atom is 0.329 e. The van der Waals surface area contributed by atoms with Gasteiger partial charge in [-0.2, -0.15) is 0 Å². The molecule has 0 saturated heterocycles. The molecule has 0 aliphatic carbocycles. The molecule has 0 bridgehead atoms. The molecule has 152 valence electrons. The van der Waals surface area contributed by atoms with Gasteiger partial charge in [-0.3, -0.25) is 13.9 Å². The van der Waals surface area contributed by atoms with Crippen LogP contribution in [0.4, 0.5) is 0 Å². The Morgan fingerprint density at radius 3 is 2.21 bits per heavy atom. The summed E-state index contributed by atoms with van der Waals surface area (Å²) in [6.07, 6.45) is 0.316. The van der Waals surface area contributed by atoms with E-state index in [-0.39, 0.29) is 18.8 Å². The summed E-state index contributed by atoms with van der Waals surface area (Å²) in [6, 6.07) is 15.9. The number of nitrogens with one attached hydrogen (secondary N) is 1. The van der Waals surface area contributed by atoms with E-state index in [1.165, 1.54) is 4.57 Å². The zero-order valence-corrected chi connectivity index (χ0v) is 16.6. The van der Waals surface area contributed by atoms with Crippen molar-refractivity contribution in [2.24, 2.45) is 0 Å². The van der Waals surface area contributed by atoms with Crippen molar-refractivity contribution in [1.29, 1.82) is 0 Å². The zero-order valence-electron chi connectivity index (χ0n) is 16.6. The molecule has 0 fully saturated rings. The van der Waals surface area contributed by atoms with Crippen LogP contribution in [0.1, 0.15) is 19.4 Å². The van der Waals surface area contributed by atoms with Gasteiger partial charge in [-0.1, -0.05) is 42.5 Å². The Morgan fingerprint density at radius 1 is 0.966 bits per heavy atom. The number of aryl methyl sites for hydroxylation is 1. The van der Waals surface area contributed by atoms with Crippen LogP contribution < -0.4 is 11.0 Å². The van der Waals surface area contributed by atoms with Crippen molar-refractivity contribution < 1.29 is 14.3 Å². The van der Waals surface area contributed by atoms with Gasteiger partial charge in [0.15, 0.2) is 0 Å². The van der Waals surface area contributed by atoms with Crippen LogP contribution in [-0.2, 0) is 33.8 Å². The predicted octanol–water partition coefficient (Wildman–Crippen LogP) is 2.11. The van der Waals surface area contributed by atoms with E-state index < -0.39 is 17.9 Å². The van der Waals surface area contributed by atoms with Crippen molar-refractivity contribution in [1.82, 2.24) is 14.5 Å². The summed E-state index contributed by atoms with van der Waals surface area (Å²) < 4.78 is 8.17. The van der Waals surface area contributed by atoms with E-state index in [0.29, 0.717) is 18.5 Å². The van der Waals surface area contributed by atoms with Crippen molar-refractivity contribution in [3.05, 3.63) is 70.6 Å². The predicted molar refractivity (Wildman–Crippen MR) is 111 cm³/mol. The maximum atomic E-state index is 12.7. The third-order valence-electron chi connectivity index (χ3n) is 4.73. The topological polar surface area (TPSA) is 82.3 Å². The van der Waals surface area contributed by atoms with Gasteiger partial charge in [-0.15, -0.1) is 0 Å². The van der Waals surface area contributed by atoms with Crippen LogP contribution >= 0.6 is 0 Å². The SMILES string of the molecule is CCOC(=O)C(Cc1ccccc1)NC(=O)Cn1c(=O)n(CC)c2ccccc21. The number of nitrogens with zero attached hydrogens (tertiary/aromatic N) is 2. The molecule has 0 spiro atoms. The van der Waals surface area contributed by atoms with Crippen molar-refractivity contribution in [3.63, 3.8) is 0 Å². The molecule has 1 atom stereocenters. The summed E-state index contributed by atoms with van der Waals surface area (Å²) in [5.74, 6) is -0.909. The van der Waals surface area contributed by atoms with Gasteiger partial charge in [0.25, 0.3) is 0 Å². The number of hydrogen-bond acceptors (Lipinski definition) is 4. The lowest BCUT2D eigenvalue weighted by atomic mass is 10.1. The number of aromatic nitrogens is 2. The smallest absolute Gasteiger partial charge is 0.329 e. The Hall–Kier alpha value is -3.35. The van der Waals surface area contributed by atoms with E-state index in [0.717, 1.165) is 11.1 Å². The number of ether oxygens (including phenoxy) is 1. The Bertz CT molecular complexity index is 1050. The average molecular weight is 395 g/mol. The lowest BCUT2D eigenvalue weighted by Gasteiger charge is -2.17. The molecule has 2 aromatic carbocycles. The van der Waals surface area contributed by atoms with Gasteiger partial charge in [-0.25, -0.2) is 9.59 Å². The van der Waals surface area contributed by atoms with Crippen molar-refractivity contribution in [2.45, 2.75) is 39.4 Å². The molecule has 1 unspecified atom stereocenters. The van der Waals surface area contributed by atoms with E-state index in [1.807, 2.05) is 61.5 Å². The molecule has 3 rings (SSSR count). The minimum Gasteiger partial charge on any atom is -0.464 e. The summed E-state index contributed by atoms with van der Waals surface area (Å²) in [5.41, 5.74) is 2.12. The zero-order chi connectivity index (χ0) is 20.8. The van der Waals surface area contributed by atoms with Gasteiger partial charge < -0.3 is 10.1 Å². The van der Waals surface area contributed by atoms with Crippen molar-refractivity contribution in [3.8, 4) is 0 Å². The summed E-state index contributed by atoms with van der Waals surface area (Å²) in [5, 5.41) is 2.74. The quantitative estimate of drug-likeness (QED) is 0.592. The monoisotopic (exact) mass is 395 g/mol. The van der Waals surface area contributed by atoms with E-state index in [1.54, 1.807) is 11.5 Å². The lowest BCUT2D eigenvalue weighted by molar-refractivity contribution is -0.147. The Morgan fingerprint density at radius 2 is 1.59 bits per heavy atom. The van der Waals surface area contributed by atoms with Gasteiger partial charge in [0, 0.05) is 13.0 Å². The van der Waals surface area contributed by atoms with Crippen LogP contribution in [0.15, 0.2) is 59.4 Å². The highest BCUT2D eigenvalue weighted by atomic mass is 16.5. The molecule has 29 heavy (non-hydrogen) atoms. The molecule has 7 nitrogen and oxygen atoms in total. The third kappa shape index (κ3) is 4.56. The molecule has 1 amide bonds. The second-order valence-electron chi connectivity index (χ2n) is 6.66. The standard InChI is InChI=1S/C22H25N3O4/c1-3-24-18-12-8-9-13-19(18)25(22(24)28)15-20(26)23-17(21(27)29-4-2)14-16-10-6-5-7-11-16/h5-13,17H,3-4,14-15H2,1-2H3,(H,23,26). The third-order valence-corrected chi connectivity index (χ3v) is 4.73. The summed E-state index contributed by atoms with van der Waals surface area (Å²) >= 11 is 0. The Kier molecular flexibility index (Phi) is 6.49. The van der Waals surface area contributed by atoms with E-state index in [2.05, 4.69) is 5.32 Å². The molecule has 7 heteroatoms. The second kappa shape index (κ2) is 9.23. The fourth-order valence-corrected chi connectivity index (χ4v) is 3.40. The van der Waals surface area contributed by atoms with Gasteiger partial charge in [0.2, 0.25) is 5.91 Å². The number of rotatable bonds is 8. The number of esters is 1. The fourth-order valence-electron chi connectivity index (χ4n) is 3.40. The minimum atomic E-state index is -0.819. The molecule has 0 aliphatic heterocycles. The molecule has 1 aromatic heterocycles. The summed E-state index contributed by atoms with van der Waals surface area (Å²) in [4.78, 5) is 37.8. The highest BCUT2D eigenvalue weighted by molar-refractivity contribution is 5.86. The number of fused-ring (bicyclic) bond motifs is 1. The van der Waals surface area contributed by atoms with E-state index >= 15 is 0 Å². The first kappa shape index (κ1) is 20.4. The normalized spacial score (nSPS) is 11.9. The first-order chi connectivity index (χ1) is 14.0. The number of imidazole rings is 1. The van der Waals surface area contributed by atoms with Crippen LogP contribution in [0.5, 0.6) is 0 Å². The van der Waals surface area contributed by atoms with Gasteiger partial charge in [0.1, 0.15) is 12.6 Å². The van der Waals surface area contributed by atoms with Crippen LogP contribution in [0, 0.1) is 0 Å². The van der Waals surface area contributed by atoms with Crippen molar-refractivity contribution in [2.75, 3.05) is 6.61 Å². The van der Waals surface area contributed by atoms with Crippen LogP contribution in [-0.4, -0.2) is 33.7 Å². The fraction of sp³-hybridized carbons (Fsp3) is 0.318. The van der Waals surface area contributed by atoms with Gasteiger partial charge in [0.05, 0.1) is 17.6 Å². The summed E-state index contributed by atoms with van der Waals surface area (Å²) in [7, 11) is 0. The first-order valence-corrected chi connectivity index (χ1v) is 9.73. The largest absolute Gasteiger partial charge is 0.464 e. The second-order valence-corrected chi connectivity index (χ2v) is 6.66. The van der Waals surface area contributed by atoms with Gasteiger partial charge in [-0.05, 0) is 31.5 Å². The van der Waals surface area contributed by atoms with Crippen LogP contribution in [0.3, 0.4) is 0 Å². The van der Waals surface area contributed by atoms with Crippen molar-refractivity contribution >= 4 is 22.9 Å². The molecular formula is C22H25N3O4. The van der Waals surface area contributed by atoms with Crippen LogP contribution in [0.25, 0.3) is 11.0 Å². The maximum absolute atomic E-state index is 12.7. The van der Waals surface area contributed by atoms with Crippen LogP contribution in [0.2, 0.25) is 0 Å². The Labute approximate surface area is 168 Å². The first-order valence-electron chi connectivity index (χ1n) is 9.73. The molecule has 0 radical (unpaired) electrons. The average Bonchev–Trinajstić information content (AvgIpc) is 2.99. The van der Waals surface area contributed by atoms with E-state index in [9.17, 15) is 14.4 Å². The molecular weight excluding hydrogens is 370 g/mol. The Balaban J connectivity index is 1.82. The molecule has 1 N–H and O–H groups in total. The lowest BCUT2D eigenvalue weighted by Crippen LogP contribution is -2.45. The molecule has 1 heterocycles. The highest BCUT2D eigenvalue weighted by Gasteiger charge is 2.23. The molecule has 0 saturated carbocycles. The number of amides is 1. The summed E-state index contributed by atoms with van der Waals surface area (Å²) in [6.45, 7) is 4.17. The van der Waals surface area contributed by atoms with Gasteiger partial charge >= 0.3 is 11.7 Å². The number of carbonyl (C=O) groups excluding carboxylic acids is 2. The van der Waals surface area contributed by atoms with E-state index in [4.69, 9.17) is 4.74 Å². The minimum absolute atomic E-state index is 0.170.